The molecular formula is C20H20ClN3O2. The zero-order valence-corrected chi connectivity index (χ0v) is 15.5. The van der Waals surface area contributed by atoms with Crippen molar-refractivity contribution in [3.8, 4) is 0 Å². The molecule has 0 aromatic heterocycles. The lowest BCUT2D eigenvalue weighted by atomic mass is 10.1. The monoisotopic (exact) mass is 369 g/mol. The standard InChI is InChI=1S/C20H20ClN3O2/c1-13-6-7-18(8-14(13)2)24-12-16(10-19(24)25)20(26)23-22-11-15-4-3-5-17(21)9-15/h3-9,11,16H,10,12H2,1-2H3,(H,23,26)/b22-11-/t16-/m0/s1. The summed E-state index contributed by atoms with van der Waals surface area (Å²) >= 11 is 5.91. The predicted molar refractivity (Wildman–Crippen MR) is 104 cm³/mol. The molecule has 1 aliphatic rings. The fourth-order valence-electron chi connectivity index (χ4n) is 2.87. The molecule has 1 fully saturated rings. The van der Waals surface area contributed by atoms with Gasteiger partial charge in [-0.3, -0.25) is 9.59 Å². The Balaban J connectivity index is 1.62. The van der Waals surface area contributed by atoms with E-state index in [1.807, 2.05) is 44.2 Å². The molecule has 2 aromatic rings. The van der Waals surface area contributed by atoms with Gasteiger partial charge in [-0.1, -0.05) is 29.8 Å². The van der Waals surface area contributed by atoms with Gasteiger partial charge in [0.2, 0.25) is 11.8 Å². The van der Waals surface area contributed by atoms with Crippen LogP contribution in [0.2, 0.25) is 5.02 Å². The van der Waals surface area contributed by atoms with E-state index in [1.165, 1.54) is 11.8 Å². The van der Waals surface area contributed by atoms with E-state index in [4.69, 9.17) is 11.6 Å². The fourth-order valence-corrected chi connectivity index (χ4v) is 3.07. The van der Waals surface area contributed by atoms with Crippen LogP contribution in [-0.4, -0.2) is 24.6 Å². The molecule has 0 bridgehead atoms. The van der Waals surface area contributed by atoms with Crippen molar-refractivity contribution < 1.29 is 9.59 Å². The molecule has 1 heterocycles. The maximum absolute atomic E-state index is 12.3. The average Bonchev–Trinajstić information content (AvgIpc) is 2.99. The van der Waals surface area contributed by atoms with Gasteiger partial charge in [0.25, 0.3) is 0 Å². The lowest BCUT2D eigenvalue weighted by Crippen LogP contribution is -2.30. The van der Waals surface area contributed by atoms with Gasteiger partial charge in [0.15, 0.2) is 0 Å². The van der Waals surface area contributed by atoms with Crippen molar-refractivity contribution in [2.24, 2.45) is 11.0 Å². The number of hydrazone groups is 1. The number of nitrogens with one attached hydrogen (secondary N) is 1. The molecule has 3 rings (SSSR count). The molecule has 1 N–H and O–H groups in total. The van der Waals surface area contributed by atoms with E-state index in [-0.39, 0.29) is 18.2 Å². The van der Waals surface area contributed by atoms with Crippen LogP contribution >= 0.6 is 11.6 Å². The van der Waals surface area contributed by atoms with Crippen LogP contribution in [-0.2, 0) is 9.59 Å². The summed E-state index contributed by atoms with van der Waals surface area (Å²) < 4.78 is 0. The van der Waals surface area contributed by atoms with Gasteiger partial charge in [0.05, 0.1) is 12.1 Å². The predicted octanol–water partition coefficient (Wildman–Crippen LogP) is 3.46. The number of halogens is 1. The van der Waals surface area contributed by atoms with Gasteiger partial charge < -0.3 is 4.90 Å². The summed E-state index contributed by atoms with van der Waals surface area (Å²) in [6.45, 7) is 4.40. The molecule has 1 saturated heterocycles. The lowest BCUT2D eigenvalue weighted by molar-refractivity contribution is -0.126. The van der Waals surface area contributed by atoms with Crippen molar-refractivity contribution in [3.63, 3.8) is 0 Å². The molecule has 2 aromatic carbocycles. The number of benzene rings is 2. The van der Waals surface area contributed by atoms with E-state index >= 15 is 0 Å². The molecule has 0 aliphatic carbocycles. The van der Waals surface area contributed by atoms with Gasteiger partial charge in [0.1, 0.15) is 0 Å². The molecular weight excluding hydrogens is 350 g/mol. The second-order valence-electron chi connectivity index (χ2n) is 6.46. The van der Waals surface area contributed by atoms with Crippen molar-refractivity contribution >= 4 is 35.3 Å². The summed E-state index contributed by atoms with van der Waals surface area (Å²) in [5.74, 6) is -0.726. The van der Waals surface area contributed by atoms with Crippen molar-refractivity contribution in [3.05, 3.63) is 64.2 Å². The number of hydrogen-bond donors (Lipinski definition) is 1. The maximum Gasteiger partial charge on any atom is 0.245 e. The minimum atomic E-state index is -0.416. The number of nitrogens with zero attached hydrogens (tertiary/aromatic N) is 2. The summed E-state index contributed by atoms with van der Waals surface area (Å²) in [6.07, 6.45) is 1.72. The van der Waals surface area contributed by atoms with E-state index in [2.05, 4.69) is 10.5 Å². The van der Waals surface area contributed by atoms with Crippen LogP contribution in [0.15, 0.2) is 47.6 Å². The maximum atomic E-state index is 12.3. The molecule has 2 amide bonds. The largest absolute Gasteiger partial charge is 0.312 e. The van der Waals surface area contributed by atoms with Gasteiger partial charge in [0, 0.05) is 23.7 Å². The van der Waals surface area contributed by atoms with Crippen molar-refractivity contribution in [2.45, 2.75) is 20.3 Å². The molecule has 0 radical (unpaired) electrons. The third-order valence-electron chi connectivity index (χ3n) is 4.54. The first kappa shape index (κ1) is 18.1. The Morgan fingerprint density at radius 2 is 2.04 bits per heavy atom. The molecule has 0 unspecified atom stereocenters. The third kappa shape index (κ3) is 4.11. The summed E-state index contributed by atoms with van der Waals surface area (Å²) in [7, 11) is 0. The summed E-state index contributed by atoms with van der Waals surface area (Å²) in [5, 5.41) is 4.57. The highest BCUT2D eigenvalue weighted by Crippen LogP contribution is 2.26. The van der Waals surface area contributed by atoms with Crippen LogP contribution in [0, 0.1) is 19.8 Å². The fraction of sp³-hybridized carbons (Fsp3) is 0.250. The first-order valence-electron chi connectivity index (χ1n) is 8.40. The SMILES string of the molecule is Cc1ccc(N2C[C@@H](C(=O)N/N=C\c3cccc(Cl)c3)CC2=O)cc1C. The first-order chi connectivity index (χ1) is 12.4. The number of amides is 2. The molecule has 1 atom stereocenters. The minimum Gasteiger partial charge on any atom is -0.312 e. The molecule has 134 valence electrons. The van der Waals surface area contributed by atoms with Crippen LogP contribution in [0.3, 0.4) is 0 Å². The highest BCUT2D eigenvalue weighted by Gasteiger charge is 2.35. The lowest BCUT2D eigenvalue weighted by Gasteiger charge is -2.17. The van der Waals surface area contributed by atoms with E-state index < -0.39 is 5.92 Å². The summed E-state index contributed by atoms with van der Waals surface area (Å²) in [5.41, 5.74) is 6.42. The van der Waals surface area contributed by atoms with Gasteiger partial charge >= 0.3 is 0 Å². The Morgan fingerprint density at radius 1 is 1.23 bits per heavy atom. The minimum absolute atomic E-state index is 0.0489. The van der Waals surface area contributed by atoms with Crippen molar-refractivity contribution in [2.75, 3.05) is 11.4 Å². The molecule has 0 saturated carbocycles. The van der Waals surface area contributed by atoms with Gasteiger partial charge in [-0.15, -0.1) is 0 Å². The Morgan fingerprint density at radius 3 is 2.77 bits per heavy atom. The first-order valence-corrected chi connectivity index (χ1v) is 8.78. The van der Waals surface area contributed by atoms with E-state index in [9.17, 15) is 9.59 Å². The van der Waals surface area contributed by atoms with E-state index in [0.29, 0.717) is 11.6 Å². The average molecular weight is 370 g/mol. The topological polar surface area (TPSA) is 61.8 Å². The number of anilines is 1. The Bertz CT molecular complexity index is 879. The van der Waals surface area contributed by atoms with Crippen LogP contribution in [0.4, 0.5) is 5.69 Å². The Hall–Kier alpha value is -2.66. The Labute approximate surface area is 157 Å². The highest BCUT2D eigenvalue weighted by atomic mass is 35.5. The number of aryl methyl sites for hydroxylation is 2. The van der Waals surface area contributed by atoms with E-state index in [1.54, 1.807) is 17.0 Å². The second-order valence-corrected chi connectivity index (χ2v) is 6.90. The third-order valence-corrected chi connectivity index (χ3v) is 4.77. The molecule has 0 spiro atoms. The quantitative estimate of drug-likeness (QED) is 0.662. The number of hydrogen-bond acceptors (Lipinski definition) is 3. The molecule has 5 nitrogen and oxygen atoms in total. The van der Waals surface area contributed by atoms with Crippen LogP contribution in [0.25, 0.3) is 0 Å². The molecule has 26 heavy (non-hydrogen) atoms. The van der Waals surface area contributed by atoms with Crippen LogP contribution < -0.4 is 10.3 Å². The number of carbonyl (C=O) groups is 2. The normalized spacial score (nSPS) is 17.1. The summed E-state index contributed by atoms with van der Waals surface area (Å²) in [4.78, 5) is 26.3. The van der Waals surface area contributed by atoms with Gasteiger partial charge in [-0.05, 0) is 54.8 Å². The highest BCUT2D eigenvalue weighted by molar-refractivity contribution is 6.30. The molecule has 6 heteroatoms. The molecule has 1 aliphatic heterocycles. The smallest absolute Gasteiger partial charge is 0.245 e. The second kappa shape index (κ2) is 7.70. The van der Waals surface area contributed by atoms with Crippen molar-refractivity contribution in [1.82, 2.24) is 5.43 Å². The summed E-state index contributed by atoms with van der Waals surface area (Å²) in [6, 6.07) is 13.0. The van der Waals surface area contributed by atoms with Gasteiger partial charge in [-0.2, -0.15) is 5.10 Å². The zero-order valence-electron chi connectivity index (χ0n) is 14.7. The Kier molecular flexibility index (Phi) is 5.38. The number of rotatable bonds is 4. The van der Waals surface area contributed by atoms with Crippen LogP contribution in [0.5, 0.6) is 0 Å². The zero-order chi connectivity index (χ0) is 18.7. The van der Waals surface area contributed by atoms with E-state index in [0.717, 1.165) is 16.8 Å². The van der Waals surface area contributed by atoms with Gasteiger partial charge in [-0.25, -0.2) is 5.43 Å². The van der Waals surface area contributed by atoms with Crippen LogP contribution in [0.1, 0.15) is 23.1 Å². The number of carbonyl (C=O) groups excluding carboxylic acids is 2. The van der Waals surface area contributed by atoms with Crippen molar-refractivity contribution in [1.29, 1.82) is 0 Å².